The van der Waals surface area contributed by atoms with Crippen molar-refractivity contribution in [3.05, 3.63) is 5.32 Å². The van der Waals surface area contributed by atoms with Crippen LogP contribution in [0, 0.1) is 0 Å². The molecular weight excluding hydrogens is 458 g/mol. The summed E-state index contributed by atoms with van der Waals surface area (Å²) in [4.78, 5) is 0. The Morgan fingerprint density at radius 3 is 2.33 bits per heavy atom. The number of hydrogen-bond donors (Lipinski definition) is 1. The van der Waals surface area contributed by atoms with Crippen LogP contribution in [0.15, 0.2) is 0 Å². The van der Waals surface area contributed by atoms with Crippen LogP contribution in [0.4, 0.5) is 0 Å². The zero-order chi connectivity index (χ0) is 7.11. The number of nitrogens with zero attached hydrogens (tertiary/aromatic N) is 1. The molecule has 2 nitrogen and oxygen atoms in total. The zero-order valence-corrected chi connectivity index (χ0v) is 11.0. The van der Waals surface area contributed by atoms with E-state index in [1.54, 1.807) is 31.9 Å². The molecule has 1 N–H and O–H groups in total. The predicted octanol–water partition coefficient (Wildman–Crippen LogP) is 0.857. The fourth-order valence-corrected chi connectivity index (χ4v) is 0.770. The summed E-state index contributed by atoms with van der Waals surface area (Å²) in [6.07, 6.45) is 2.84. The van der Waals surface area contributed by atoms with Crippen LogP contribution in [0.2, 0.25) is 0 Å². The van der Waals surface area contributed by atoms with E-state index in [1.807, 2.05) is 0 Å². The van der Waals surface area contributed by atoms with E-state index < -0.39 is 0 Å². The Labute approximate surface area is 74.1 Å². The first-order valence-electron chi connectivity index (χ1n) is 2.91. The van der Waals surface area contributed by atoms with E-state index in [9.17, 15) is 0 Å². The molecule has 1 heterocycles. The van der Waals surface area contributed by atoms with Crippen LogP contribution in [0.3, 0.4) is 0 Å². The van der Waals surface area contributed by atoms with E-state index >= 15 is 0 Å². The van der Waals surface area contributed by atoms with Gasteiger partial charge in [0.15, 0.2) is 0 Å². The molecule has 1 rings (SSSR count). The van der Waals surface area contributed by atoms with Gasteiger partial charge in [0.2, 0.25) is 0 Å². The Bertz CT molecular complexity index is 80.3. The van der Waals surface area contributed by atoms with Crippen molar-refractivity contribution in [3.8, 4) is 0 Å². The second-order valence-electron chi connectivity index (χ2n) is 1.88. The van der Waals surface area contributed by atoms with Crippen molar-refractivity contribution < 1.29 is 37.0 Å². The Kier molecular flexibility index (Phi) is 8.47. The molecule has 1 fully saturated rings. The van der Waals surface area contributed by atoms with Crippen molar-refractivity contribution in [3.63, 3.8) is 0 Å². The Hall–Kier alpha value is 1.30. The van der Waals surface area contributed by atoms with E-state index in [2.05, 4.69) is 5.32 Å². The summed E-state index contributed by atoms with van der Waals surface area (Å²) in [5.41, 5.74) is 0. The number of piperidine rings is 1. The molecule has 1 aliphatic rings. The van der Waals surface area contributed by atoms with Crippen molar-refractivity contribution in [1.29, 1.82) is 0 Å². The van der Waals surface area contributed by atoms with Gasteiger partial charge in [-0.05, 0) is 12.6 Å². The molecule has 0 aromatic heterocycles. The maximum atomic E-state index is 8.74. The molecule has 1 saturated heterocycles. The Morgan fingerprint density at radius 2 is 2.11 bits per heavy atom. The summed E-state index contributed by atoms with van der Waals surface area (Å²) in [7, 11) is 0. The average molecular weight is 468 g/mol. The fourth-order valence-electron chi connectivity index (χ4n) is 0.770. The molecule has 0 bridgehead atoms. The van der Waals surface area contributed by atoms with E-state index in [4.69, 9.17) is 5.11 Å². The van der Waals surface area contributed by atoms with Crippen molar-refractivity contribution in [2.24, 2.45) is 0 Å². The van der Waals surface area contributed by atoms with Gasteiger partial charge in [-0.3, -0.25) is 0 Å². The van der Waals surface area contributed by atoms with Crippen molar-refractivity contribution in [1.82, 2.24) is 0 Å². The second kappa shape index (κ2) is 7.40. The molecule has 1 aliphatic heterocycles. The summed E-state index contributed by atoms with van der Waals surface area (Å²) >= 11 is 3.33. The van der Waals surface area contributed by atoms with Crippen LogP contribution in [0.5, 0.6) is 0 Å². The number of aliphatic hydroxyl groups is 1. The number of hydrogen-bond acceptors (Lipinski definition) is 1. The Morgan fingerprint density at radius 1 is 1.44 bits per heavy atom. The standard InChI is InChI=1S/C5H10NO.2W/c7-5-3-1-2-4-6-5;;/h5,7H,1-4H2;;/q-1;;+1. The Balaban J connectivity index is 0.000000291. The number of rotatable bonds is 0. The van der Waals surface area contributed by atoms with Gasteiger partial charge in [0.1, 0.15) is 0 Å². The summed E-state index contributed by atoms with van der Waals surface area (Å²) in [6.45, 7) is 0.862. The molecule has 0 saturated carbocycles. The van der Waals surface area contributed by atoms with E-state index in [1.165, 1.54) is 0 Å². The van der Waals surface area contributed by atoms with E-state index in [-0.39, 0.29) is 6.23 Å². The van der Waals surface area contributed by atoms with Gasteiger partial charge in [0.05, 0.1) is 0 Å². The predicted molar refractivity (Wildman–Crippen MR) is 28.1 cm³/mol. The molecule has 1 unspecified atom stereocenters. The second-order valence-corrected chi connectivity index (χ2v) is 1.88. The molecule has 1 atom stereocenters. The van der Waals surface area contributed by atoms with Crippen LogP contribution in [0.1, 0.15) is 19.3 Å². The van der Waals surface area contributed by atoms with Crippen LogP contribution < -0.4 is 0 Å². The molecule has 0 spiro atoms. The number of aliphatic hydroxyl groups excluding tert-OH is 1. The first-order chi connectivity index (χ1) is 4.39. The summed E-state index contributed by atoms with van der Waals surface area (Å²) in [5.74, 6) is 0. The molecule has 9 heavy (non-hydrogen) atoms. The molecule has 0 amide bonds. The quantitative estimate of drug-likeness (QED) is 0.563. The summed E-state index contributed by atoms with van der Waals surface area (Å²) < 4.78 is 0. The first kappa shape index (κ1) is 10.3. The van der Waals surface area contributed by atoms with Gasteiger partial charge in [0, 0.05) is 0 Å². The molecule has 53 valence electrons. The fraction of sp³-hybridized carbons (Fsp3) is 1.00. The third-order valence-corrected chi connectivity index (χ3v) is 1.21. The van der Waals surface area contributed by atoms with Gasteiger partial charge in [0.25, 0.3) is 0 Å². The average Bonchev–Trinajstić information content (AvgIpc) is 1.94. The zero-order valence-electron chi connectivity index (χ0n) is 5.12. The third kappa shape index (κ3) is 5.73. The van der Waals surface area contributed by atoms with Crippen LogP contribution in [-0.4, -0.2) is 17.9 Å². The molecule has 0 aliphatic carbocycles. The van der Waals surface area contributed by atoms with Crippen molar-refractivity contribution in [2.45, 2.75) is 25.5 Å². The van der Waals surface area contributed by atoms with Gasteiger partial charge < -0.3 is 10.4 Å². The molecule has 0 aromatic carbocycles. The van der Waals surface area contributed by atoms with Crippen molar-refractivity contribution in [2.75, 3.05) is 6.54 Å². The van der Waals surface area contributed by atoms with Crippen LogP contribution in [0.25, 0.3) is 5.32 Å². The van der Waals surface area contributed by atoms with E-state index in [0.29, 0.717) is 0 Å². The van der Waals surface area contributed by atoms with Gasteiger partial charge >= 0.3 is 31.9 Å². The minimum atomic E-state index is -0.339. The molecule has 4 heteroatoms. The van der Waals surface area contributed by atoms with Crippen LogP contribution in [-0.2, 0) is 31.9 Å². The van der Waals surface area contributed by atoms with Gasteiger partial charge in [-0.25, -0.2) is 0 Å². The van der Waals surface area contributed by atoms with E-state index in [0.717, 1.165) is 25.8 Å². The summed E-state index contributed by atoms with van der Waals surface area (Å²) in [5, 5.41) is 12.6. The third-order valence-electron chi connectivity index (χ3n) is 1.21. The monoisotopic (exact) mass is 468 g/mol. The first-order valence-corrected chi connectivity index (χ1v) is 13.9. The molecular formula is C5H10NOW2. The van der Waals surface area contributed by atoms with Gasteiger partial charge in [-0.1, -0.05) is 12.8 Å². The van der Waals surface area contributed by atoms with Crippen LogP contribution >= 0.6 is 0 Å². The topological polar surface area (TPSA) is 34.3 Å². The SMILES string of the molecule is OC1CCCC[N-]1.[W]#[W+]. The molecule has 0 radical (unpaired) electrons. The minimum absolute atomic E-state index is 0.339. The normalized spacial score (nSPS) is 25.9. The van der Waals surface area contributed by atoms with Gasteiger partial charge in [-0.15, -0.1) is 6.54 Å². The van der Waals surface area contributed by atoms with Crippen molar-refractivity contribution >= 4 is 0 Å². The molecule has 0 aromatic rings. The van der Waals surface area contributed by atoms with Gasteiger partial charge in [-0.2, -0.15) is 0 Å². The summed E-state index contributed by atoms with van der Waals surface area (Å²) in [6, 6.07) is 0. The maximum absolute atomic E-state index is 8.74.